The molecule has 0 bridgehead atoms. The van der Waals surface area contributed by atoms with Gasteiger partial charge in [-0.25, -0.2) is 0 Å². The summed E-state index contributed by atoms with van der Waals surface area (Å²) in [6.45, 7) is 9.28. The molecule has 0 unspecified atom stereocenters. The van der Waals surface area contributed by atoms with Gasteiger partial charge in [0.1, 0.15) is 24.4 Å². The summed E-state index contributed by atoms with van der Waals surface area (Å²) in [4.78, 5) is 0. The molecule has 5 atom stereocenters. The highest BCUT2D eigenvalue weighted by Crippen LogP contribution is 2.43. The molecule has 0 aromatic carbocycles. The van der Waals surface area contributed by atoms with Crippen LogP contribution in [0.25, 0.3) is 0 Å². The van der Waals surface area contributed by atoms with Gasteiger partial charge in [-0.15, -0.1) is 5.92 Å². The molecule has 5 nitrogen and oxygen atoms in total. The molecule has 0 amide bonds. The molecule has 0 aliphatic carbocycles. The molecule has 3 saturated heterocycles. The molecule has 3 aliphatic rings. The van der Waals surface area contributed by atoms with E-state index in [0.29, 0.717) is 0 Å². The van der Waals surface area contributed by atoms with Crippen molar-refractivity contribution in [3.8, 4) is 11.8 Å². The molecular formula is C14H20O5. The van der Waals surface area contributed by atoms with E-state index >= 15 is 0 Å². The van der Waals surface area contributed by atoms with E-state index in [4.69, 9.17) is 23.7 Å². The van der Waals surface area contributed by atoms with Crippen LogP contribution in [0.2, 0.25) is 0 Å². The van der Waals surface area contributed by atoms with Crippen LogP contribution in [0.4, 0.5) is 0 Å². The first kappa shape index (κ1) is 13.3. The van der Waals surface area contributed by atoms with Crippen molar-refractivity contribution in [1.82, 2.24) is 0 Å². The lowest BCUT2D eigenvalue weighted by Gasteiger charge is -2.34. The van der Waals surface area contributed by atoms with Gasteiger partial charge < -0.3 is 23.7 Å². The van der Waals surface area contributed by atoms with E-state index < -0.39 is 17.9 Å². The average molecular weight is 268 g/mol. The lowest BCUT2D eigenvalue weighted by atomic mass is 9.99. The Morgan fingerprint density at radius 3 is 2.05 bits per heavy atom. The predicted molar refractivity (Wildman–Crippen MR) is 66.0 cm³/mol. The Morgan fingerprint density at radius 2 is 1.37 bits per heavy atom. The van der Waals surface area contributed by atoms with Crippen molar-refractivity contribution in [2.75, 3.05) is 0 Å². The van der Waals surface area contributed by atoms with E-state index in [9.17, 15) is 0 Å². The van der Waals surface area contributed by atoms with Crippen LogP contribution in [-0.4, -0.2) is 42.3 Å². The molecule has 0 saturated carbocycles. The Bertz CT molecular complexity index is 433. The second-order valence-corrected chi connectivity index (χ2v) is 5.98. The number of hydrogen-bond donors (Lipinski definition) is 0. The van der Waals surface area contributed by atoms with Crippen LogP contribution in [0.5, 0.6) is 0 Å². The van der Waals surface area contributed by atoms with Gasteiger partial charge in [-0.3, -0.25) is 0 Å². The summed E-state index contributed by atoms with van der Waals surface area (Å²) in [6.07, 6.45) is -1.56. The number of hydrogen-bond acceptors (Lipinski definition) is 5. The molecule has 0 spiro atoms. The van der Waals surface area contributed by atoms with Crippen molar-refractivity contribution < 1.29 is 23.7 Å². The van der Waals surface area contributed by atoms with E-state index in [1.807, 2.05) is 27.7 Å². The van der Waals surface area contributed by atoms with Crippen molar-refractivity contribution in [3.05, 3.63) is 0 Å². The fourth-order valence-corrected chi connectivity index (χ4v) is 2.87. The normalized spacial score (nSPS) is 46.1. The van der Waals surface area contributed by atoms with Gasteiger partial charge in [0, 0.05) is 0 Å². The zero-order valence-electron chi connectivity index (χ0n) is 11.9. The first-order valence-electron chi connectivity index (χ1n) is 6.60. The molecule has 3 rings (SSSR count). The smallest absolute Gasteiger partial charge is 0.191 e. The zero-order chi connectivity index (χ0) is 13.8. The van der Waals surface area contributed by atoms with Crippen molar-refractivity contribution in [2.24, 2.45) is 0 Å². The molecule has 3 fully saturated rings. The highest BCUT2D eigenvalue weighted by atomic mass is 16.9. The Labute approximate surface area is 113 Å². The Kier molecular flexibility index (Phi) is 2.93. The Hall–Kier alpha value is -0.640. The van der Waals surface area contributed by atoms with Crippen LogP contribution in [0.1, 0.15) is 34.6 Å². The molecule has 106 valence electrons. The van der Waals surface area contributed by atoms with Crippen LogP contribution in [0.3, 0.4) is 0 Å². The van der Waals surface area contributed by atoms with E-state index in [0.717, 1.165) is 0 Å². The number of ether oxygens (including phenoxy) is 5. The van der Waals surface area contributed by atoms with Crippen molar-refractivity contribution >= 4 is 0 Å². The fraction of sp³-hybridized carbons (Fsp3) is 0.857. The summed E-state index contributed by atoms with van der Waals surface area (Å²) >= 11 is 0. The predicted octanol–water partition coefficient (Wildman–Crippen LogP) is 1.41. The molecule has 0 aromatic heterocycles. The third-order valence-electron chi connectivity index (χ3n) is 3.44. The van der Waals surface area contributed by atoms with E-state index in [1.54, 1.807) is 6.92 Å². The minimum atomic E-state index is -0.676. The van der Waals surface area contributed by atoms with Gasteiger partial charge in [-0.2, -0.15) is 0 Å². The standard InChI is InChI=1S/C14H20O5/c1-6-7-8-9-10(17-13(2,3)16-9)11-12(15-8)19-14(4,5)18-11/h8-12H,1-5H3/t8-,9+,10+,11-,12-/m0/s1. The monoisotopic (exact) mass is 268 g/mol. The van der Waals surface area contributed by atoms with Crippen molar-refractivity contribution in [1.29, 1.82) is 0 Å². The maximum atomic E-state index is 5.96. The summed E-state index contributed by atoms with van der Waals surface area (Å²) < 4.78 is 29.4. The van der Waals surface area contributed by atoms with Crippen molar-refractivity contribution in [3.63, 3.8) is 0 Å². The van der Waals surface area contributed by atoms with Gasteiger partial charge in [0.15, 0.2) is 17.9 Å². The summed E-state index contributed by atoms with van der Waals surface area (Å²) in [5.41, 5.74) is 0. The minimum Gasteiger partial charge on any atom is -0.341 e. The van der Waals surface area contributed by atoms with Crippen LogP contribution >= 0.6 is 0 Å². The average Bonchev–Trinajstić information content (AvgIpc) is 2.74. The highest BCUT2D eigenvalue weighted by molar-refractivity contribution is 5.13. The maximum absolute atomic E-state index is 5.96. The summed E-state index contributed by atoms with van der Waals surface area (Å²) in [5, 5.41) is 0. The highest BCUT2D eigenvalue weighted by Gasteiger charge is 2.60. The molecule has 0 radical (unpaired) electrons. The zero-order valence-corrected chi connectivity index (χ0v) is 11.9. The molecule has 0 aromatic rings. The third-order valence-corrected chi connectivity index (χ3v) is 3.44. The van der Waals surface area contributed by atoms with Gasteiger partial charge in [-0.1, -0.05) is 5.92 Å². The van der Waals surface area contributed by atoms with Crippen LogP contribution < -0.4 is 0 Å². The molecule has 3 aliphatic heterocycles. The van der Waals surface area contributed by atoms with Gasteiger partial charge in [0.2, 0.25) is 0 Å². The van der Waals surface area contributed by atoms with E-state index in [2.05, 4.69) is 11.8 Å². The second-order valence-electron chi connectivity index (χ2n) is 5.98. The molecule has 0 N–H and O–H groups in total. The first-order valence-corrected chi connectivity index (χ1v) is 6.60. The van der Waals surface area contributed by atoms with Crippen molar-refractivity contribution in [2.45, 2.75) is 76.9 Å². The Morgan fingerprint density at radius 1 is 0.789 bits per heavy atom. The number of fused-ring (bicyclic) bond motifs is 3. The van der Waals surface area contributed by atoms with Crippen LogP contribution in [-0.2, 0) is 23.7 Å². The number of rotatable bonds is 0. The second kappa shape index (κ2) is 4.18. The SMILES string of the molecule is CC#C[C@@H]1O[C@H]2OC(C)(C)O[C@H]2[C@@H]2OC(C)(C)O[C@@H]21. The summed E-state index contributed by atoms with van der Waals surface area (Å²) in [6, 6.07) is 0. The van der Waals surface area contributed by atoms with E-state index in [1.165, 1.54) is 0 Å². The Balaban J connectivity index is 1.90. The lowest BCUT2D eigenvalue weighted by Crippen LogP contribution is -2.54. The quantitative estimate of drug-likeness (QED) is 0.622. The summed E-state index contributed by atoms with van der Waals surface area (Å²) in [5.74, 6) is 4.56. The van der Waals surface area contributed by atoms with E-state index in [-0.39, 0.29) is 24.4 Å². The maximum Gasteiger partial charge on any atom is 0.191 e. The fourth-order valence-electron chi connectivity index (χ4n) is 2.87. The lowest BCUT2D eigenvalue weighted by molar-refractivity contribution is -0.220. The molecular weight excluding hydrogens is 248 g/mol. The molecule has 19 heavy (non-hydrogen) atoms. The minimum absolute atomic E-state index is 0.221. The molecule has 3 heterocycles. The largest absolute Gasteiger partial charge is 0.341 e. The van der Waals surface area contributed by atoms with Crippen LogP contribution in [0.15, 0.2) is 0 Å². The summed E-state index contributed by atoms with van der Waals surface area (Å²) in [7, 11) is 0. The van der Waals surface area contributed by atoms with Gasteiger partial charge in [-0.05, 0) is 34.6 Å². The topological polar surface area (TPSA) is 46.2 Å². The van der Waals surface area contributed by atoms with Gasteiger partial charge in [0.05, 0.1) is 0 Å². The molecule has 5 heteroatoms. The van der Waals surface area contributed by atoms with Gasteiger partial charge in [0.25, 0.3) is 0 Å². The van der Waals surface area contributed by atoms with Crippen LogP contribution in [0, 0.1) is 11.8 Å². The third kappa shape index (κ3) is 2.28. The first-order chi connectivity index (χ1) is 8.81. The van der Waals surface area contributed by atoms with Gasteiger partial charge >= 0.3 is 0 Å².